The second kappa shape index (κ2) is 14.1. The van der Waals surface area contributed by atoms with Crippen LogP contribution in [0.25, 0.3) is 0 Å². The Balaban J connectivity index is 2.05. The van der Waals surface area contributed by atoms with Crippen molar-refractivity contribution in [2.45, 2.75) is 44.2 Å². The fourth-order valence-corrected chi connectivity index (χ4v) is 5.60. The third-order valence-corrected chi connectivity index (χ3v) is 8.29. The van der Waals surface area contributed by atoms with E-state index in [1.165, 1.54) is 60.5 Å². The largest absolute Gasteiger partial charge is 0.495 e. The van der Waals surface area contributed by atoms with Crippen LogP contribution in [0.3, 0.4) is 0 Å². The summed E-state index contributed by atoms with van der Waals surface area (Å²) in [7, 11) is -2.90. The van der Waals surface area contributed by atoms with Gasteiger partial charge in [-0.15, -0.1) is 0 Å². The number of nitrogens with one attached hydrogen (secondary N) is 1. The molecule has 3 aromatic rings. The summed E-state index contributed by atoms with van der Waals surface area (Å²) in [5.41, 5.74) is 0.634. The number of nitrogens with zero attached hydrogens (tertiary/aromatic N) is 2. The van der Waals surface area contributed by atoms with E-state index in [1.807, 2.05) is 6.92 Å². The lowest BCUT2D eigenvalue weighted by atomic mass is 10.1. The summed E-state index contributed by atoms with van der Waals surface area (Å²) in [6, 6.07) is 16.7. The maximum absolute atomic E-state index is 13.9. The van der Waals surface area contributed by atoms with Gasteiger partial charge in [-0.1, -0.05) is 55.3 Å². The van der Waals surface area contributed by atoms with Crippen molar-refractivity contribution in [3.63, 3.8) is 0 Å². The molecule has 0 aliphatic rings. The van der Waals surface area contributed by atoms with Gasteiger partial charge in [0.1, 0.15) is 24.2 Å². The van der Waals surface area contributed by atoms with Gasteiger partial charge in [0.2, 0.25) is 11.8 Å². The molecule has 0 radical (unpaired) electrons. The van der Waals surface area contributed by atoms with Crippen molar-refractivity contribution in [3.8, 4) is 5.75 Å². The average Bonchev–Trinajstić information content (AvgIpc) is 2.95. The first-order chi connectivity index (χ1) is 19.1. The number of benzene rings is 3. The van der Waals surface area contributed by atoms with Crippen molar-refractivity contribution in [3.05, 3.63) is 89.2 Å². The molecule has 0 fully saturated rings. The van der Waals surface area contributed by atoms with Gasteiger partial charge in [-0.2, -0.15) is 0 Å². The molecule has 0 aliphatic carbocycles. The Bertz CT molecular complexity index is 1400. The molecule has 3 rings (SSSR count). The molecule has 3 aromatic carbocycles. The molecule has 0 saturated carbocycles. The highest BCUT2D eigenvalue weighted by molar-refractivity contribution is 7.92. The zero-order chi connectivity index (χ0) is 29.3. The Hall–Kier alpha value is -3.63. The maximum Gasteiger partial charge on any atom is 0.264 e. The highest BCUT2D eigenvalue weighted by atomic mass is 35.5. The smallest absolute Gasteiger partial charge is 0.264 e. The molecule has 0 unspecified atom stereocenters. The number of carbonyl (C=O) groups is 2. The van der Waals surface area contributed by atoms with E-state index in [-0.39, 0.29) is 33.8 Å². The molecule has 0 saturated heterocycles. The van der Waals surface area contributed by atoms with Crippen molar-refractivity contribution in [2.75, 3.05) is 24.5 Å². The van der Waals surface area contributed by atoms with Crippen LogP contribution in [0.1, 0.15) is 32.3 Å². The van der Waals surface area contributed by atoms with Crippen LogP contribution in [0.4, 0.5) is 10.1 Å². The molecular formula is C29H33ClFN3O5S. The first-order valence-corrected chi connectivity index (χ1v) is 14.6. The van der Waals surface area contributed by atoms with E-state index in [4.69, 9.17) is 16.3 Å². The van der Waals surface area contributed by atoms with Crippen molar-refractivity contribution < 1.29 is 27.1 Å². The lowest BCUT2D eigenvalue weighted by Gasteiger charge is -2.32. The van der Waals surface area contributed by atoms with Crippen LogP contribution in [-0.4, -0.2) is 51.4 Å². The molecular weight excluding hydrogens is 557 g/mol. The number of hydrogen-bond donors (Lipinski definition) is 1. The molecule has 0 aliphatic heterocycles. The van der Waals surface area contributed by atoms with Crippen LogP contribution in [0.15, 0.2) is 77.7 Å². The van der Waals surface area contributed by atoms with Crippen LogP contribution in [0.5, 0.6) is 5.75 Å². The van der Waals surface area contributed by atoms with Gasteiger partial charge in [-0.05, 0) is 61.4 Å². The van der Waals surface area contributed by atoms with Crippen LogP contribution in [-0.2, 0) is 26.2 Å². The van der Waals surface area contributed by atoms with Gasteiger partial charge in [-0.3, -0.25) is 13.9 Å². The number of ether oxygens (including phenoxy) is 1. The molecule has 1 N–H and O–H groups in total. The van der Waals surface area contributed by atoms with E-state index < -0.39 is 34.3 Å². The molecule has 40 heavy (non-hydrogen) atoms. The highest BCUT2D eigenvalue weighted by Gasteiger charge is 2.33. The monoisotopic (exact) mass is 589 g/mol. The molecule has 0 heterocycles. The first kappa shape index (κ1) is 30.9. The minimum Gasteiger partial charge on any atom is -0.495 e. The number of hydrogen-bond acceptors (Lipinski definition) is 5. The Kier molecular flexibility index (Phi) is 10.9. The summed E-state index contributed by atoms with van der Waals surface area (Å²) in [5.74, 6) is -1.29. The number of methoxy groups -OCH3 is 1. The summed E-state index contributed by atoms with van der Waals surface area (Å²) in [5, 5.41) is 3.06. The van der Waals surface area contributed by atoms with Gasteiger partial charge in [0, 0.05) is 18.1 Å². The molecule has 1 atom stereocenters. The van der Waals surface area contributed by atoms with Gasteiger partial charge in [0.25, 0.3) is 10.0 Å². The second-order valence-electron chi connectivity index (χ2n) is 9.11. The molecule has 11 heteroatoms. The van der Waals surface area contributed by atoms with E-state index in [2.05, 4.69) is 5.32 Å². The van der Waals surface area contributed by atoms with Crippen LogP contribution in [0.2, 0.25) is 5.02 Å². The van der Waals surface area contributed by atoms with Crippen LogP contribution >= 0.6 is 11.6 Å². The number of sulfonamides is 1. The molecule has 0 aromatic heterocycles. The molecule has 2 amide bonds. The third-order valence-electron chi connectivity index (χ3n) is 6.28. The average molecular weight is 590 g/mol. The quantitative estimate of drug-likeness (QED) is 0.283. The molecule has 214 valence electrons. The lowest BCUT2D eigenvalue weighted by molar-refractivity contribution is -0.139. The predicted octanol–water partition coefficient (Wildman–Crippen LogP) is 5.02. The summed E-state index contributed by atoms with van der Waals surface area (Å²) < 4.78 is 47.7. The number of carbonyl (C=O) groups excluding carboxylic acids is 2. The summed E-state index contributed by atoms with van der Waals surface area (Å²) in [4.78, 5) is 28.2. The number of rotatable bonds is 13. The normalized spacial score (nSPS) is 11.9. The predicted molar refractivity (Wildman–Crippen MR) is 153 cm³/mol. The summed E-state index contributed by atoms with van der Waals surface area (Å²) in [6.45, 7) is 3.30. The zero-order valence-electron chi connectivity index (χ0n) is 22.6. The minimum atomic E-state index is -4.28. The van der Waals surface area contributed by atoms with Gasteiger partial charge < -0.3 is 15.0 Å². The highest BCUT2D eigenvalue weighted by Crippen LogP contribution is 2.35. The number of anilines is 1. The molecule has 0 spiro atoms. The van der Waals surface area contributed by atoms with E-state index in [1.54, 1.807) is 31.2 Å². The van der Waals surface area contributed by atoms with E-state index >= 15 is 0 Å². The molecule has 0 bridgehead atoms. The van der Waals surface area contributed by atoms with Crippen molar-refractivity contribution in [2.24, 2.45) is 0 Å². The van der Waals surface area contributed by atoms with Gasteiger partial charge in [-0.25, -0.2) is 12.8 Å². The van der Waals surface area contributed by atoms with Gasteiger partial charge >= 0.3 is 0 Å². The van der Waals surface area contributed by atoms with Crippen LogP contribution < -0.4 is 14.4 Å². The summed E-state index contributed by atoms with van der Waals surface area (Å²) >= 11 is 6.23. The number of halogens is 2. The maximum atomic E-state index is 13.9. The SMILES string of the molecule is CCCCNC(=O)[C@@H](C)N(Cc1ccc(F)cc1)C(=O)CN(c1cc(Cl)ccc1OC)S(=O)(=O)c1ccccc1. The fourth-order valence-electron chi connectivity index (χ4n) is 4.00. The second-order valence-corrected chi connectivity index (χ2v) is 11.4. The van der Waals surface area contributed by atoms with E-state index in [0.717, 1.165) is 17.1 Å². The lowest BCUT2D eigenvalue weighted by Crippen LogP contribution is -2.51. The van der Waals surface area contributed by atoms with Crippen molar-refractivity contribution in [1.82, 2.24) is 10.2 Å². The zero-order valence-corrected chi connectivity index (χ0v) is 24.2. The topological polar surface area (TPSA) is 96.0 Å². The number of unbranched alkanes of at least 4 members (excludes halogenated alkanes) is 1. The Morgan fingerprint density at radius 1 is 1.05 bits per heavy atom. The van der Waals surface area contributed by atoms with Crippen molar-refractivity contribution in [1.29, 1.82) is 0 Å². The number of amides is 2. The van der Waals surface area contributed by atoms with E-state index in [9.17, 15) is 22.4 Å². The first-order valence-electron chi connectivity index (χ1n) is 12.8. The fraction of sp³-hybridized carbons (Fsp3) is 0.310. The molecule has 8 nitrogen and oxygen atoms in total. The van der Waals surface area contributed by atoms with Crippen LogP contribution in [0, 0.1) is 5.82 Å². The summed E-state index contributed by atoms with van der Waals surface area (Å²) in [6.07, 6.45) is 1.64. The van der Waals surface area contributed by atoms with Crippen molar-refractivity contribution >= 4 is 39.1 Å². The Morgan fingerprint density at radius 2 is 1.73 bits per heavy atom. The van der Waals surface area contributed by atoms with Gasteiger partial charge in [0.15, 0.2) is 0 Å². The van der Waals surface area contributed by atoms with Gasteiger partial charge in [0.05, 0.1) is 17.7 Å². The standard InChI is InChI=1S/C29H33ClFN3O5S/c1-4-5-17-32-29(36)21(2)33(19-22-11-14-24(31)15-12-22)28(35)20-34(26-18-23(30)13-16-27(26)39-3)40(37,38)25-9-7-6-8-10-25/h6-16,18,21H,4-5,17,19-20H2,1-3H3,(H,32,36)/t21-/m1/s1. The Labute approximate surface area is 239 Å². The third kappa shape index (κ3) is 7.73. The minimum absolute atomic E-state index is 0.0414. The van der Waals surface area contributed by atoms with E-state index in [0.29, 0.717) is 12.1 Å². The Morgan fingerprint density at radius 3 is 2.35 bits per heavy atom.